The van der Waals surface area contributed by atoms with Crippen LogP contribution in [0.5, 0.6) is 0 Å². The summed E-state index contributed by atoms with van der Waals surface area (Å²) in [6, 6.07) is 16.8. The number of nitrogens with two attached hydrogens (primary N) is 1. The molecule has 0 radical (unpaired) electrons. The maximum atomic E-state index is 5.88. The van der Waals surface area contributed by atoms with Gasteiger partial charge in [0.2, 0.25) is 0 Å². The van der Waals surface area contributed by atoms with Crippen LogP contribution >= 0.6 is 15.9 Å². The van der Waals surface area contributed by atoms with Crippen molar-refractivity contribution in [2.75, 3.05) is 23.8 Å². The minimum Gasteiger partial charge on any atom is -0.370 e. The summed E-state index contributed by atoms with van der Waals surface area (Å²) in [6.07, 6.45) is 1.03. The Morgan fingerprint density at radius 2 is 1.82 bits per heavy atom. The smallest absolute Gasteiger partial charge is 0.195 e. The van der Waals surface area contributed by atoms with Crippen molar-refractivity contribution in [2.45, 2.75) is 13.3 Å². The summed E-state index contributed by atoms with van der Waals surface area (Å²) in [5.74, 6) is 0.549. The van der Waals surface area contributed by atoms with Gasteiger partial charge in [-0.15, -0.1) is 0 Å². The lowest BCUT2D eigenvalue weighted by Gasteiger charge is -2.18. The molecule has 0 saturated heterocycles. The first-order valence-corrected chi connectivity index (χ1v) is 8.57. The lowest BCUT2D eigenvalue weighted by atomic mass is 10.1. The van der Waals surface area contributed by atoms with Gasteiger partial charge < -0.3 is 10.6 Å². The van der Waals surface area contributed by atoms with Gasteiger partial charge in [-0.05, 0) is 41.3 Å². The fraction of sp³-hybridized carbons (Fsp3) is 0.278. The normalized spacial score (nSPS) is 11.5. The SMILES string of the molecule is CCc1cccc(N(C)C(N)=NCCBr)c1.c1cc2cc-2c1. The second kappa shape index (κ2) is 7.99. The van der Waals surface area contributed by atoms with Crippen LogP contribution < -0.4 is 10.6 Å². The molecule has 0 spiro atoms. The van der Waals surface area contributed by atoms with Crippen LogP contribution in [0, 0.1) is 0 Å². The number of benzene rings is 2. The van der Waals surface area contributed by atoms with Crippen LogP contribution in [-0.2, 0) is 6.42 Å². The summed E-state index contributed by atoms with van der Waals surface area (Å²) in [5.41, 5.74) is 11.1. The van der Waals surface area contributed by atoms with Crippen molar-refractivity contribution < 1.29 is 0 Å². The van der Waals surface area contributed by atoms with E-state index in [0.717, 1.165) is 17.4 Å². The highest BCUT2D eigenvalue weighted by Gasteiger charge is 2.07. The largest absolute Gasteiger partial charge is 0.370 e. The lowest BCUT2D eigenvalue weighted by molar-refractivity contribution is 1.09. The van der Waals surface area contributed by atoms with Crippen molar-refractivity contribution in [3.05, 3.63) is 54.1 Å². The number of aliphatic imine (C=N–C) groups is 1. The van der Waals surface area contributed by atoms with Crippen LogP contribution in [0.2, 0.25) is 0 Å². The molecule has 3 nitrogen and oxygen atoms in total. The van der Waals surface area contributed by atoms with Crippen LogP contribution in [0.4, 0.5) is 5.69 Å². The number of hydrogen-bond donors (Lipinski definition) is 1. The molecule has 0 fully saturated rings. The number of guanidine groups is 1. The fourth-order valence-electron chi connectivity index (χ4n) is 2.06. The minimum atomic E-state index is 0.549. The molecule has 0 saturated carbocycles. The zero-order valence-corrected chi connectivity index (χ0v) is 14.7. The van der Waals surface area contributed by atoms with E-state index in [-0.39, 0.29) is 0 Å². The zero-order valence-electron chi connectivity index (χ0n) is 13.1. The average molecular weight is 360 g/mol. The first-order valence-electron chi connectivity index (χ1n) is 7.44. The topological polar surface area (TPSA) is 41.6 Å². The van der Waals surface area contributed by atoms with E-state index in [4.69, 9.17) is 5.73 Å². The Bertz CT molecular complexity index is 635. The van der Waals surface area contributed by atoms with Crippen molar-refractivity contribution in [3.63, 3.8) is 0 Å². The molecule has 0 amide bonds. The summed E-state index contributed by atoms with van der Waals surface area (Å²) in [5, 5.41) is 0.830. The van der Waals surface area contributed by atoms with E-state index in [1.807, 2.05) is 24.1 Å². The molecule has 0 aliphatic heterocycles. The fourth-order valence-corrected chi connectivity index (χ4v) is 2.23. The number of fused-ring (bicyclic) bond motifs is 1. The van der Waals surface area contributed by atoms with Crippen molar-refractivity contribution in [2.24, 2.45) is 10.7 Å². The Labute approximate surface area is 141 Å². The molecule has 22 heavy (non-hydrogen) atoms. The standard InChI is InChI=1S/C12H18BrN3.C6H4/c1-3-10-5-4-6-11(9-10)16(2)12(14)15-8-7-13;1-2-5-4-6(5)3-1/h4-6,9H,3,7-8H2,1-2H3,(H2,14,15);1-4H. The van der Waals surface area contributed by atoms with Gasteiger partial charge in [0.05, 0.1) is 6.54 Å². The Kier molecular flexibility index (Phi) is 6.01. The molecule has 4 heteroatoms. The maximum Gasteiger partial charge on any atom is 0.195 e. The Morgan fingerprint density at radius 3 is 2.32 bits per heavy atom. The maximum absolute atomic E-state index is 5.88. The van der Waals surface area contributed by atoms with E-state index in [9.17, 15) is 0 Å². The van der Waals surface area contributed by atoms with Gasteiger partial charge in [0.1, 0.15) is 0 Å². The molecule has 0 unspecified atom stereocenters. The number of aryl methyl sites for hydroxylation is 1. The Balaban J connectivity index is 0.000000238. The monoisotopic (exact) mass is 359 g/mol. The second-order valence-electron chi connectivity index (χ2n) is 5.09. The third kappa shape index (κ3) is 4.60. The number of hydrogen-bond acceptors (Lipinski definition) is 1. The molecule has 2 aliphatic carbocycles. The second-order valence-corrected chi connectivity index (χ2v) is 5.89. The Morgan fingerprint density at radius 1 is 1.14 bits per heavy atom. The van der Waals surface area contributed by atoms with Gasteiger partial charge in [0, 0.05) is 18.1 Å². The quantitative estimate of drug-likeness (QED) is 0.433. The van der Waals surface area contributed by atoms with E-state index in [2.05, 4.69) is 64.2 Å². The molecule has 116 valence electrons. The van der Waals surface area contributed by atoms with E-state index in [1.54, 1.807) is 0 Å². The highest BCUT2D eigenvalue weighted by atomic mass is 79.9. The lowest BCUT2D eigenvalue weighted by Crippen LogP contribution is -2.34. The van der Waals surface area contributed by atoms with E-state index in [1.165, 1.54) is 16.7 Å². The molecular formula is C18H22BrN3. The summed E-state index contributed by atoms with van der Waals surface area (Å²) in [4.78, 5) is 6.15. The van der Waals surface area contributed by atoms with Crippen LogP contribution in [0.15, 0.2) is 53.5 Å². The third-order valence-electron chi connectivity index (χ3n) is 3.52. The van der Waals surface area contributed by atoms with Crippen LogP contribution in [0.1, 0.15) is 12.5 Å². The van der Waals surface area contributed by atoms with Gasteiger partial charge in [0.25, 0.3) is 0 Å². The molecule has 1 aromatic rings. The zero-order chi connectivity index (χ0) is 15.9. The first kappa shape index (κ1) is 16.6. The molecular weight excluding hydrogens is 338 g/mol. The summed E-state index contributed by atoms with van der Waals surface area (Å²) >= 11 is 3.32. The van der Waals surface area contributed by atoms with E-state index in [0.29, 0.717) is 12.5 Å². The number of halogens is 1. The van der Waals surface area contributed by atoms with Gasteiger partial charge in [-0.1, -0.05) is 53.2 Å². The van der Waals surface area contributed by atoms with Gasteiger partial charge in [-0.25, -0.2) is 0 Å². The van der Waals surface area contributed by atoms with E-state index < -0.39 is 0 Å². The van der Waals surface area contributed by atoms with Crippen molar-refractivity contribution in [3.8, 4) is 11.1 Å². The molecule has 0 heterocycles. The van der Waals surface area contributed by atoms with Gasteiger partial charge in [-0.2, -0.15) is 0 Å². The van der Waals surface area contributed by atoms with E-state index >= 15 is 0 Å². The molecule has 1 aromatic carbocycles. The van der Waals surface area contributed by atoms with Crippen LogP contribution in [0.25, 0.3) is 11.1 Å². The highest BCUT2D eigenvalue weighted by molar-refractivity contribution is 9.09. The van der Waals surface area contributed by atoms with Gasteiger partial charge >= 0.3 is 0 Å². The molecule has 0 bridgehead atoms. The predicted octanol–water partition coefficient (Wildman–Crippen LogP) is 4.06. The number of rotatable bonds is 4. The highest BCUT2D eigenvalue weighted by Crippen LogP contribution is 2.32. The summed E-state index contributed by atoms with van der Waals surface area (Å²) < 4.78 is 0. The van der Waals surface area contributed by atoms with Crippen LogP contribution in [-0.4, -0.2) is 24.9 Å². The van der Waals surface area contributed by atoms with Crippen LogP contribution in [0.3, 0.4) is 0 Å². The van der Waals surface area contributed by atoms with Gasteiger partial charge in [-0.3, -0.25) is 4.99 Å². The van der Waals surface area contributed by atoms with Crippen molar-refractivity contribution in [1.29, 1.82) is 0 Å². The number of anilines is 1. The molecule has 2 aliphatic rings. The number of alkyl halides is 1. The molecule has 3 rings (SSSR count). The summed E-state index contributed by atoms with van der Waals surface area (Å²) in [7, 11) is 1.93. The summed E-state index contributed by atoms with van der Waals surface area (Å²) in [6.45, 7) is 2.84. The van der Waals surface area contributed by atoms with Crippen molar-refractivity contribution >= 4 is 27.6 Å². The average Bonchev–Trinajstić information content (AvgIpc) is 3.17. The molecule has 2 N–H and O–H groups in total. The number of nitrogens with zero attached hydrogens (tertiary/aromatic N) is 2. The molecule has 0 aromatic heterocycles. The molecule has 0 atom stereocenters. The minimum absolute atomic E-state index is 0.549. The first-order chi connectivity index (χ1) is 10.7. The van der Waals surface area contributed by atoms with Gasteiger partial charge in [0.15, 0.2) is 5.96 Å². The predicted molar refractivity (Wildman–Crippen MR) is 99.9 cm³/mol. The Hall–Kier alpha value is -1.81. The third-order valence-corrected chi connectivity index (χ3v) is 3.88. The van der Waals surface area contributed by atoms with Crippen molar-refractivity contribution in [1.82, 2.24) is 0 Å².